The Morgan fingerprint density at radius 3 is 2.58 bits per heavy atom. The number of hydrogen-bond donors (Lipinski definition) is 1. The van der Waals surface area contributed by atoms with Gasteiger partial charge in [0.05, 0.1) is 22.8 Å². The van der Waals surface area contributed by atoms with Gasteiger partial charge in [0.25, 0.3) is 0 Å². The van der Waals surface area contributed by atoms with E-state index in [1.54, 1.807) is 25.1 Å². The number of halogens is 1. The van der Waals surface area contributed by atoms with Crippen molar-refractivity contribution < 1.29 is 5.11 Å². The highest BCUT2D eigenvalue weighted by atomic mass is 35.5. The van der Waals surface area contributed by atoms with E-state index in [-0.39, 0.29) is 0 Å². The van der Waals surface area contributed by atoms with Crippen LogP contribution in [0.3, 0.4) is 0 Å². The van der Waals surface area contributed by atoms with Gasteiger partial charge in [0.2, 0.25) is 0 Å². The normalized spacial score (nSPS) is 11.9. The molecule has 0 aliphatic heterocycles. The summed E-state index contributed by atoms with van der Waals surface area (Å²) in [6.45, 7) is 1.71. The molecular weight excluding hydrogens is 278 g/mol. The van der Waals surface area contributed by atoms with Gasteiger partial charge in [0.15, 0.2) is 0 Å². The molecule has 2 nitrogen and oxygen atoms in total. The Kier molecular flexibility index (Phi) is 4.49. The number of hydrogen-bond acceptors (Lipinski definition) is 3. The Balaban J connectivity index is 2.44. The van der Waals surface area contributed by atoms with Gasteiger partial charge in [-0.25, -0.2) is 0 Å². The van der Waals surface area contributed by atoms with Crippen molar-refractivity contribution >= 4 is 23.4 Å². The van der Waals surface area contributed by atoms with Gasteiger partial charge in [0, 0.05) is 9.79 Å². The summed E-state index contributed by atoms with van der Waals surface area (Å²) in [5.41, 5.74) is 1.36. The minimum absolute atomic E-state index is 0.568. The third-order valence-corrected chi connectivity index (χ3v) is 4.24. The maximum Gasteiger partial charge on any atom is 0.0992 e. The van der Waals surface area contributed by atoms with Crippen molar-refractivity contribution in [3.63, 3.8) is 0 Å². The summed E-state index contributed by atoms with van der Waals surface area (Å²) >= 11 is 7.59. The van der Waals surface area contributed by atoms with Gasteiger partial charge < -0.3 is 5.11 Å². The van der Waals surface area contributed by atoms with Crippen molar-refractivity contribution in [2.45, 2.75) is 22.8 Å². The number of nitrogens with zero attached hydrogens (tertiary/aromatic N) is 1. The van der Waals surface area contributed by atoms with Crippen LogP contribution in [0.5, 0.6) is 0 Å². The number of nitriles is 1. The summed E-state index contributed by atoms with van der Waals surface area (Å²) < 4.78 is 0. The van der Waals surface area contributed by atoms with Crippen LogP contribution >= 0.6 is 23.4 Å². The lowest BCUT2D eigenvalue weighted by molar-refractivity contribution is 0.196. The SMILES string of the molecule is C[C@H](O)c1ccc(C#N)cc1Sc1ccccc1Cl. The highest BCUT2D eigenvalue weighted by Crippen LogP contribution is 2.37. The molecule has 1 N–H and O–H groups in total. The van der Waals surface area contributed by atoms with Crippen LogP contribution < -0.4 is 0 Å². The zero-order chi connectivity index (χ0) is 13.8. The Morgan fingerprint density at radius 2 is 1.95 bits per heavy atom. The van der Waals surface area contributed by atoms with E-state index < -0.39 is 6.10 Å². The maximum atomic E-state index is 9.79. The molecule has 0 unspecified atom stereocenters. The molecule has 0 bridgehead atoms. The fraction of sp³-hybridized carbons (Fsp3) is 0.133. The molecule has 2 aromatic rings. The first kappa shape index (κ1) is 14.0. The molecular formula is C15H12ClNOS. The van der Waals surface area contributed by atoms with E-state index in [0.717, 1.165) is 15.4 Å². The van der Waals surface area contributed by atoms with Gasteiger partial charge in [-0.3, -0.25) is 0 Å². The van der Waals surface area contributed by atoms with E-state index in [9.17, 15) is 5.11 Å². The zero-order valence-corrected chi connectivity index (χ0v) is 11.9. The Hall–Kier alpha value is -1.47. The summed E-state index contributed by atoms with van der Waals surface area (Å²) in [5, 5.41) is 19.4. The molecule has 2 rings (SSSR count). The molecule has 0 amide bonds. The molecule has 0 aliphatic carbocycles. The Bertz CT molecular complexity index is 634. The van der Waals surface area contributed by atoms with Crippen LogP contribution in [0, 0.1) is 11.3 Å². The predicted molar refractivity (Wildman–Crippen MR) is 77.4 cm³/mol. The van der Waals surface area contributed by atoms with E-state index in [2.05, 4.69) is 6.07 Å². The number of aliphatic hydroxyl groups is 1. The summed E-state index contributed by atoms with van der Waals surface area (Å²) in [6, 6.07) is 14.9. The molecule has 0 saturated carbocycles. The molecule has 2 aromatic carbocycles. The molecule has 0 spiro atoms. The van der Waals surface area contributed by atoms with Gasteiger partial charge in [-0.2, -0.15) is 5.26 Å². The minimum atomic E-state index is -0.585. The molecule has 0 radical (unpaired) electrons. The third-order valence-electron chi connectivity index (χ3n) is 2.65. The molecule has 0 saturated heterocycles. The molecule has 0 aromatic heterocycles. The Morgan fingerprint density at radius 1 is 1.21 bits per heavy atom. The van der Waals surface area contributed by atoms with E-state index in [1.807, 2.05) is 24.3 Å². The lowest BCUT2D eigenvalue weighted by atomic mass is 10.1. The fourth-order valence-corrected chi connectivity index (χ4v) is 3.03. The lowest BCUT2D eigenvalue weighted by Gasteiger charge is -2.12. The summed E-state index contributed by atoms with van der Waals surface area (Å²) in [4.78, 5) is 1.75. The second-order valence-electron chi connectivity index (χ2n) is 4.07. The second-order valence-corrected chi connectivity index (χ2v) is 5.56. The van der Waals surface area contributed by atoms with Crippen LogP contribution in [0.1, 0.15) is 24.2 Å². The van der Waals surface area contributed by atoms with Crippen molar-refractivity contribution in [1.82, 2.24) is 0 Å². The summed E-state index contributed by atoms with van der Waals surface area (Å²) in [7, 11) is 0. The summed E-state index contributed by atoms with van der Waals surface area (Å²) in [6.07, 6.45) is -0.585. The maximum absolute atomic E-state index is 9.79. The van der Waals surface area contributed by atoms with E-state index in [0.29, 0.717) is 10.6 Å². The molecule has 0 fully saturated rings. The van der Waals surface area contributed by atoms with Gasteiger partial charge in [0.1, 0.15) is 0 Å². The quantitative estimate of drug-likeness (QED) is 0.910. The second kappa shape index (κ2) is 6.12. The van der Waals surface area contributed by atoms with E-state index in [1.165, 1.54) is 11.8 Å². The first-order chi connectivity index (χ1) is 9.11. The number of aliphatic hydroxyl groups excluding tert-OH is 1. The zero-order valence-electron chi connectivity index (χ0n) is 10.3. The largest absolute Gasteiger partial charge is 0.389 e. The van der Waals surface area contributed by atoms with Crippen LogP contribution in [-0.2, 0) is 0 Å². The van der Waals surface area contributed by atoms with Crippen molar-refractivity contribution in [2.75, 3.05) is 0 Å². The first-order valence-electron chi connectivity index (χ1n) is 5.76. The molecule has 1 atom stereocenters. The lowest BCUT2D eigenvalue weighted by Crippen LogP contribution is -1.94. The fourth-order valence-electron chi connectivity index (χ4n) is 1.68. The van der Waals surface area contributed by atoms with Crippen molar-refractivity contribution in [2.24, 2.45) is 0 Å². The molecule has 96 valence electrons. The standard InChI is InChI=1S/C15H12ClNOS/c1-10(18)12-7-6-11(9-17)8-15(12)19-14-5-3-2-4-13(14)16/h2-8,10,18H,1H3/t10-/m0/s1. The van der Waals surface area contributed by atoms with E-state index >= 15 is 0 Å². The highest BCUT2D eigenvalue weighted by molar-refractivity contribution is 7.99. The van der Waals surface area contributed by atoms with Crippen molar-refractivity contribution in [1.29, 1.82) is 5.26 Å². The van der Waals surface area contributed by atoms with E-state index in [4.69, 9.17) is 16.9 Å². The van der Waals surface area contributed by atoms with Crippen molar-refractivity contribution in [3.05, 3.63) is 58.6 Å². The van der Waals surface area contributed by atoms with Gasteiger partial charge in [-0.15, -0.1) is 0 Å². The number of benzene rings is 2. The molecule has 0 heterocycles. The van der Waals surface area contributed by atoms with Crippen LogP contribution in [0.4, 0.5) is 0 Å². The monoisotopic (exact) mass is 289 g/mol. The van der Waals surface area contributed by atoms with Gasteiger partial charge in [-0.05, 0) is 36.8 Å². The van der Waals surface area contributed by atoms with Crippen LogP contribution in [-0.4, -0.2) is 5.11 Å². The third kappa shape index (κ3) is 3.30. The predicted octanol–water partition coefficient (Wildman–Crippen LogP) is 4.42. The van der Waals surface area contributed by atoms with Crippen molar-refractivity contribution in [3.8, 4) is 6.07 Å². The summed E-state index contributed by atoms with van der Waals surface area (Å²) in [5.74, 6) is 0. The van der Waals surface area contributed by atoms with Gasteiger partial charge >= 0.3 is 0 Å². The van der Waals surface area contributed by atoms with Crippen LogP contribution in [0.2, 0.25) is 5.02 Å². The van der Waals surface area contributed by atoms with Gasteiger partial charge in [-0.1, -0.05) is 41.6 Å². The highest BCUT2D eigenvalue weighted by Gasteiger charge is 2.11. The minimum Gasteiger partial charge on any atom is -0.389 e. The average Bonchev–Trinajstić information content (AvgIpc) is 2.41. The molecule has 4 heteroatoms. The van der Waals surface area contributed by atoms with Crippen LogP contribution in [0.25, 0.3) is 0 Å². The molecule has 19 heavy (non-hydrogen) atoms. The first-order valence-corrected chi connectivity index (χ1v) is 6.95. The Labute approximate surface area is 121 Å². The average molecular weight is 290 g/mol. The topological polar surface area (TPSA) is 44.0 Å². The number of rotatable bonds is 3. The smallest absolute Gasteiger partial charge is 0.0992 e. The van der Waals surface area contributed by atoms with Crippen LogP contribution in [0.15, 0.2) is 52.3 Å². The molecule has 0 aliphatic rings.